The van der Waals surface area contributed by atoms with Crippen LogP contribution in [0.1, 0.15) is 18.7 Å². The van der Waals surface area contributed by atoms with Crippen LogP contribution in [0.4, 0.5) is 4.79 Å². The molecule has 2 amide bonds. The number of terminal acetylenes is 1. The van der Waals surface area contributed by atoms with Crippen LogP contribution in [0.15, 0.2) is 28.9 Å². The summed E-state index contributed by atoms with van der Waals surface area (Å²) in [5.74, 6) is 3.38. The number of urea groups is 1. The van der Waals surface area contributed by atoms with Crippen molar-refractivity contribution in [2.75, 3.05) is 26.2 Å². The van der Waals surface area contributed by atoms with Crippen LogP contribution in [-0.2, 0) is 11.2 Å². The van der Waals surface area contributed by atoms with Crippen LogP contribution >= 0.6 is 0 Å². The van der Waals surface area contributed by atoms with Gasteiger partial charge < -0.3 is 19.5 Å². The number of carbonyl (C=O) groups excluding carboxylic acids is 1. The fraction of sp³-hybridized carbons (Fsp3) is 0.444. The van der Waals surface area contributed by atoms with Crippen LogP contribution in [-0.4, -0.2) is 58.4 Å². The molecule has 26 heavy (non-hydrogen) atoms. The van der Waals surface area contributed by atoms with Gasteiger partial charge in [0, 0.05) is 32.3 Å². The summed E-state index contributed by atoms with van der Waals surface area (Å²) in [6.45, 7) is 1.87. The van der Waals surface area contributed by atoms with Gasteiger partial charge in [-0.3, -0.25) is 4.98 Å². The second-order valence-corrected chi connectivity index (χ2v) is 5.93. The van der Waals surface area contributed by atoms with Gasteiger partial charge in [0.2, 0.25) is 0 Å². The highest BCUT2D eigenvalue weighted by Crippen LogP contribution is 2.14. The van der Waals surface area contributed by atoms with Crippen molar-refractivity contribution in [3.05, 3.63) is 30.2 Å². The summed E-state index contributed by atoms with van der Waals surface area (Å²) in [4.78, 5) is 22.4. The first-order chi connectivity index (χ1) is 12.8. The number of ether oxygens (including phenoxy) is 1. The van der Waals surface area contributed by atoms with Crippen molar-refractivity contribution in [3.8, 4) is 23.9 Å². The maximum absolute atomic E-state index is 12.3. The number of aromatic nitrogens is 3. The van der Waals surface area contributed by atoms with Gasteiger partial charge in [-0.05, 0) is 25.0 Å². The van der Waals surface area contributed by atoms with E-state index in [2.05, 4.69) is 26.4 Å². The highest BCUT2D eigenvalue weighted by molar-refractivity contribution is 5.74. The largest absolute Gasteiger partial charge is 0.376 e. The zero-order valence-corrected chi connectivity index (χ0v) is 14.4. The molecule has 1 saturated heterocycles. The molecule has 0 spiro atoms. The number of hydrogen-bond acceptors (Lipinski definition) is 6. The molecular weight excluding hydrogens is 334 g/mol. The van der Waals surface area contributed by atoms with E-state index in [0.717, 1.165) is 19.4 Å². The number of rotatable bonds is 7. The van der Waals surface area contributed by atoms with Gasteiger partial charge >= 0.3 is 6.03 Å². The Morgan fingerprint density at radius 1 is 1.46 bits per heavy atom. The molecule has 1 N–H and O–H groups in total. The lowest BCUT2D eigenvalue weighted by Gasteiger charge is -2.23. The van der Waals surface area contributed by atoms with Gasteiger partial charge in [0.1, 0.15) is 5.69 Å². The number of hydrogen-bond donors (Lipinski definition) is 1. The Morgan fingerprint density at radius 2 is 2.38 bits per heavy atom. The average molecular weight is 355 g/mol. The van der Waals surface area contributed by atoms with E-state index in [4.69, 9.17) is 15.7 Å². The van der Waals surface area contributed by atoms with Crippen molar-refractivity contribution >= 4 is 6.03 Å². The van der Waals surface area contributed by atoms with Crippen LogP contribution < -0.4 is 5.32 Å². The van der Waals surface area contributed by atoms with E-state index >= 15 is 0 Å². The number of pyridine rings is 1. The van der Waals surface area contributed by atoms with Gasteiger partial charge in [0.25, 0.3) is 5.89 Å². The molecule has 0 aliphatic carbocycles. The summed E-state index contributed by atoms with van der Waals surface area (Å²) in [5, 5.41) is 6.75. The molecule has 1 aliphatic rings. The van der Waals surface area contributed by atoms with Gasteiger partial charge in [0.05, 0.1) is 12.6 Å². The predicted molar refractivity (Wildman–Crippen MR) is 94.0 cm³/mol. The Labute approximate surface area is 151 Å². The molecular formula is C18H21N5O3. The fourth-order valence-electron chi connectivity index (χ4n) is 2.71. The van der Waals surface area contributed by atoms with E-state index in [1.165, 1.54) is 0 Å². The van der Waals surface area contributed by atoms with Crippen LogP contribution in [0.5, 0.6) is 0 Å². The molecule has 3 heterocycles. The lowest BCUT2D eigenvalue weighted by atomic mass is 10.2. The van der Waals surface area contributed by atoms with Gasteiger partial charge in [-0.2, -0.15) is 4.98 Å². The number of nitrogens with one attached hydrogen (secondary N) is 1. The second kappa shape index (κ2) is 8.97. The van der Waals surface area contributed by atoms with Crippen LogP contribution in [0.3, 0.4) is 0 Å². The van der Waals surface area contributed by atoms with E-state index in [-0.39, 0.29) is 18.7 Å². The summed E-state index contributed by atoms with van der Waals surface area (Å²) < 4.78 is 10.8. The molecule has 136 valence electrons. The molecule has 8 nitrogen and oxygen atoms in total. The quantitative estimate of drug-likeness (QED) is 0.757. The smallest absolute Gasteiger partial charge is 0.318 e. The molecule has 2 aromatic heterocycles. The zero-order chi connectivity index (χ0) is 18.2. The molecule has 1 fully saturated rings. The Hall–Kier alpha value is -2.92. The molecule has 1 aliphatic heterocycles. The molecule has 3 rings (SSSR count). The Kier molecular flexibility index (Phi) is 6.17. The monoisotopic (exact) mass is 355 g/mol. The SMILES string of the molecule is C#CCN(C[C@@H]1CCCO1)C(=O)NCCc1noc(-c2ccccn2)n1. The van der Waals surface area contributed by atoms with Crippen LogP contribution in [0.2, 0.25) is 0 Å². The predicted octanol–water partition coefficient (Wildman–Crippen LogP) is 1.50. The first-order valence-corrected chi connectivity index (χ1v) is 8.58. The first-order valence-electron chi connectivity index (χ1n) is 8.58. The third kappa shape index (κ3) is 4.80. The minimum absolute atomic E-state index is 0.0623. The van der Waals surface area contributed by atoms with Crippen molar-refractivity contribution < 1.29 is 14.1 Å². The highest BCUT2D eigenvalue weighted by atomic mass is 16.5. The molecule has 8 heteroatoms. The minimum atomic E-state index is -0.216. The standard InChI is InChI=1S/C18H21N5O3/c1-2-11-23(13-14-6-5-12-25-14)18(24)20-10-8-16-21-17(26-22-16)15-7-3-4-9-19-15/h1,3-4,7,9,14H,5-6,8,10-13H2,(H,20,24)/t14-/m0/s1. The average Bonchev–Trinajstić information content (AvgIpc) is 3.34. The van der Waals surface area contributed by atoms with E-state index in [0.29, 0.717) is 36.9 Å². The lowest BCUT2D eigenvalue weighted by Crippen LogP contribution is -2.44. The third-order valence-electron chi connectivity index (χ3n) is 3.99. The maximum Gasteiger partial charge on any atom is 0.318 e. The molecule has 0 bridgehead atoms. The Bertz CT molecular complexity index is 750. The third-order valence-corrected chi connectivity index (χ3v) is 3.99. The maximum atomic E-state index is 12.3. The van der Waals surface area contributed by atoms with Gasteiger partial charge in [-0.1, -0.05) is 17.1 Å². The van der Waals surface area contributed by atoms with Crippen molar-refractivity contribution in [1.82, 2.24) is 25.3 Å². The molecule has 0 radical (unpaired) electrons. The van der Waals surface area contributed by atoms with E-state index < -0.39 is 0 Å². The molecule has 0 unspecified atom stereocenters. The molecule has 0 saturated carbocycles. The van der Waals surface area contributed by atoms with Gasteiger partial charge in [0.15, 0.2) is 5.82 Å². The number of amides is 2. The van der Waals surface area contributed by atoms with Crippen LogP contribution in [0.25, 0.3) is 11.6 Å². The summed E-state index contributed by atoms with van der Waals surface area (Å²) in [7, 11) is 0. The Morgan fingerprint density at radius 3 is 3.12 bits per heavy atom. The summed E-state index contributed by atoms with van der Waals surface area (Å²) >= 11 is 0. The van der Waals surface area contributed by atoms with E-state index in [1.807, 2.05) is 12.1 Å². The van der Waals surface area contributed by atoms with Crippen molar-refractivity contribution in [2.24, 2.45) is 0 Å². The molecule has 1 atom stereocenters. The van der Waals surface area contributed by atoms with Crippen molar-refractivity contribution in [2.45, 2.75) is 25.4 Å². The van der Waals surface area contributed by atoms with E-state index in [9.17, 15) is 4.79 Å². The normalized spacial score (nSPS) is 16.2. The van der Waals surface area contributed by atoms with Gasteiger partial charge in [-0.15, -0.1) is 6.42 Å². The lowest BCUT2D eigenvalue weighted by molar-refractivity contribution is 0.0846. The highest BCUT2D eigenvalue weighted by Gasteiger charge is 2.22. The van der Waals surface area contributed by atoms with Crippen molar-refractivity contribution in [1.29, 1.82) is 0 Å². The fourth-order valence-corrected chi connectivity index (χ4v) is 2.71. The topological polar surface area (TPSA) is 93.4 Å². The van der Waals surface area contributed by atoms with Crippen LogP contribution in [0, 0.1) is 12.3 Å². The van der Waals surface area contributed by atoms with Crippen molar-refractivity contribution in [3.63, 3.8) is 0 Å². The van der Waals surface area contributed by atoms with Gasteiger partial charge in [-0.25, -0.2) is 4.79 Å². The number of carbonyl (C=O) groups is 1. The summed E-state index contributed by atoms with van der Waals surface area (Å²) in [6, 6.07) is 5.24. The second-order valence-electron chi connectivity index (χ2n) is 5.93. The van der Waals surface area contributed by atoms with E-state index in [1.54, 1.807) is 17.2 Å². The summed E-state index contributed by atoms with van der Waals surface area (Å²) in [6.07, 6.45) is 9.51. The number of nitrogens with zero attached hydrogens (tertiary/aromatic N) is 4. The summed E-state index contributed by atoms with van der Waals surface area (Å²) in [5.41, 5.74) is 0.618. The molecule has 2 aromatic rings. The zero-order valence-electron chi connectivity index (χ0n) is 14.4. The molecule has 0 aromatic carbocycles. The Balaban J connectivity index is 1.48. The first kappa shape index (κ1) is 17.9. The minimum Gasteiger partial charge on any atom is -0.376 e.